The van der Waals surface area contributed by atoms with E-state index in [0.29, 0.717) is 6.16 Å². The second-order valence-electron chi connectivity index (χ2n) is 15.1. The minimum Gasteiger partial charge on any atom is -0.316 e. The third-order valence-electron chi connectivity index (χ3n) is 11.4. The summed E-state index contributed by atoms with van der Waals surface area (Å²) < 4.78 is 19.2. The minimum absolute atomic E-state index is 0.453. The molecule has 0 unspecified atom stereocenters. The van der Waals surface area contributed by atoms with Gasteiger partial charge in [0, 0.05) is 45.9 Å². The highest BCUT2D eigenvalue weighted by Crippen LogP contribution is 2.45. The third kappa shape index (κ3) is 7.01. The molecule has 282 valence electrons. The van der Waals surface area contributed by atoms with Crippen molar-refractivity contribution in [3.63, 3.8) is 0 Å². The van der Waals surface area contributed by atoms with Crippen LogP contribution in [0.15, 0.2) is 206 Å². The van der Waals surface area contributed by atoms with Crippen LogP contribution >= 0.6 is 7.14 Å². The van der Waals surface area contributed by atoms with Gasteiger partial charge in [0.25, 0.3) is 0 Å². The van der Waals surface area contributed by atoms with Gasteiger partial charge >= 0.3 is 0 Å². The van der Waals surface area contributed by atoms with Crippen molar-refractivity contribution in [1.29, 1.82) is 0 Å². The molecule has 0 saturated carbocycles. The average Bonchev–Trinajstić information content (AvgIpc) is 3.80. The van der Waals surface area contributed by atoms with Crippen molar-refractivity contribution in [3.8, 4) is 22.3 Å². The average molecular weight is 778 g/mol. The molecule has 4 heteroatoms. The summed E-state index contributed by atoms with van der Waals surface area (Å²) in [5.74, 6) is 0. The Balaban J connectivity index is 0.992. The molecule has 0 aliphatic carbocycles. The monoisotopic (exact) mass is 777 g/mol. The summed E-state index contributed by atoms with van der Waals surface area (Å²) >= 11 is 0. The first-order chi connectivity index (χ1) is 29.1. The fourth-order valence-corrected chi connectivity index (χ4v) is 11.0. The fourth-order valence-electron chi connectivity index (χ4n) is 8.54. The first kappa shape index (κ1) is 36.3. The Labute approximate surface area is 345 Å². The number of aromatic nitrogens is 1. The molecular formula is C55H42N2OP+. The maximum Gasteiger partial charge on any atom is 0.218 e. The largest absolute Gasteiger partial charge is 0.316 e. The Bertz CT molecular complexity index is 2970. The van der Waals surface area contributed by atoms with Crippen molar-refractivity contribution in [2.45, 2.75) is 6.42 Å². The number of fused-ring (bicyclic) bond motifs is 6. The van der Waals surface area contributed by atoms with Crippen LogP contribution in [0.3, 0.4) is 0 Å². The molecule has 0 N–H and O–H groups in total. The molecule has 0 atom stereocenters. The van der Waals surface area contributed by atoms with E-state index in [9.17, 15) is 4.57 Å². The van der Waals surface area contributed by atoms with Gasteiger partial charge in [0.15, 0.2) is 6.21 Å². The summed E-state index contributed by atoms with van der Waals surface area (Å²) in [6, 6.07) is 70.0. The quantitative estimate of drug-likeness (QED) is 0.100. The van der Waals surface area contributed by atoms with E-state index in [4.69, 9.17) is 0 Å². The van der Waals surface area contributed by atoms with E-state index >= 15 is 0 Å². The molecule has 0 bridgehead atoms. The summed E-state index contributed by atoms with van der Waals surface area (Å²) in [6.07, 6.45) is 12.1. The summed E-state index contributed by atoms with van der Waals surface area (Å²) in [5.41, 5.74) is 13.1. The maximum absolute atomic E-state index is 14.6. The molecule has 1 aliphatic rings. The number of para-hydroxylation sites is 4. The standard InChI is InChI=1S/C55H42N2OP/c58-59(46-17-3-1-4-18-46,47-19-5-2-6-20-47)37-15-16-41-29-31-44(32-30-41)45-39-42(33-35-56-52-25-11-7-21-48(52)49-22-8-12-26-53(49)56)38-43(40-45)34-36-57-54-27-13-9-23-50(54)51-24-10-14-28-55(51)57/h1-33,35-36,38-40H,34,37H2/q+1/b16-15+,35-33+. The Morgan fingerprint density at radius 2 is 1.03 bits per heavy atom. The molecule has 0 saturated heterocycles. The van der Waals surface area contributed by atoms with Crippen LogP contribution in [0, 0.1) is 0 Å². The van der Waals surface area contributed by atoms with Crippen molar-refractivity contribution in [2.24, 2.45) is 0 Å². The van der Waals surface area contributed by atoms with E-state index in [-0.39, 0.29) is 0 Å². The maximum atomic E-state index is 14.6. The van der Waals surface area contributed by atoms with Crippen LogP contribution in [-0.4, -0.2) is 16.9 Å². The molecular weight excluding hydrogens is 736 g/mol. The minimum atomic E-state index is -2.83. The van der Waals surface area contributed by atoms with Crippen LogP contribution in [0.2, 0.25) is 0 Å². The summed E-state index contributed by atoms with van der Waals surface area (Å²) in [6.45, 7) is 0. The van der Waals surface area contributed by atoms with E-state index in [1.165, 1.54) is 49.9 Å². The Kier molecular flexibility index (Phi) is 9.66. The van der Waals surface area contributed by atoms with Crippen LogP contribution in [0.25, 0.3) is 62.4 Å². The lowest BCUT2D eigenvalue weighted by Gasteiger charge is -2.17. The van der Waals surface area contributed by atoms with Crippen LogP contribution in [0.1, 0.15) is 16.7 Å². The van der Waals surface area contributed by atoms with Crippen molar-refractivity contribution in [2.75, 3.05) is 6.16 Å². The lowest BCUT2D eigenvalue weighted by Crippen LogP contribution is -2.17. The second-order valence-corrected chi connectivity index (χ2v) is 18.0. The molecule has 10 rings (SSSR count). The molecule has 1 aliphatic heterocycles. The Morgan fingerprint density at radius 1 is 0.492 bits per heavy atom. The predicted molar refractivity (Wildman–Crippen MR) is 253 cm³/mol. The van der Waals surface area contributed by atoms with Gasteiger partial charge in [-0.15, -0.1) is 0 Å². The molecule has 0 amide bonds. The Morgan fingerprint density at radius 3 is 1.64 bits per heavy atom. The van der Waals surface area contributed by atoms with Gasteiger partial charge in [0.1, 0.15) is 7.14 Å². The van der Waals surface area contributed by atoms with Gasteiger partial charge < -0.3 is 9.13 Å². The third-order valence-corrected chi connectivity index (χ3v) is 14.4. The van der Waals surface area contributed by atoms with Crippen molar-refractivity contribution >= 4 is 75.5 Å². The van der Waals surface area contributed by atoms with Gasteiger partial charge in [-0.2, -0.15) is 4.58 Å². The molecule has 3 nitrogen and oxygen atoms in total. The van der Waals surface area contributed by atoms with Gasteiger partial charge in [-0.25, -0.2) is 0 Å². The van der Waals surface area contributed by atoms with Gasteiger partial charge in [0.2, 0.25) is 11.4 Å². The molecule has 9 aromatic rings. The number of hydrogen-bond donors (Lipinski definition) is 0. The smallest absolute Gasteiger partial charge is 0.218 e. The number of rotatable bonds is 10. The molecule has 2 heterocycles. The molecule has 0 spiro atoms. The molecule has 0 radical (unpaired) electrons. The number of nitrogens with zero attached hydrogens (tertiary/aromatic N) is 2. The highest BCUT2D eigenvalue weighted by atomic mass is 31.2. The zero-order chi connectivity index (χ0) is 39.6. The SMILES string of the molecule is O=P(C/C=C/c1ccc(-c2cc(/C=C/n3c4ccccc4c4ccccc43)cc(CC=[N+]3c4ccccc4-c4ccccc43)c2)cc1)(c1ccccc1)c1ccccc1. The zero-order valence-corrected chi connectivity index (χ0v) is 33.5. The first-order valence-electron chi connectivity index (χ1n) is 20.2. The van der Waals surface area contributed by atoms with Crippen molar-refractivity contribution in [1.82, 2.24) is 9.14 Å². The molecule has 0 fully saturated rings. The first-order valence-corrected chi connectivity index (χ1v) is 22.1. The predicted octanol–water partition coefficient (Wildman–Crippen LogP) is 13.2. The van der Waals surface area contributed by atoms with E-state index in [2.05, 4.69) is 179 Å². The van der Waals surface area contributed by atoms with Crippen LogP contribution in [-0.2, 0) is 11.0 Å². The number of benzene rings is 8. The normalized spacial score (nSPS) is 12.4. The lowest BCUT2D eigenvalue weighted by molar-refractivity contribution is 0.588. The summed E-state index contributed by atoms with van der Waals surface area (Å²) in [7, 11) is -2.83. The van der Waals surface area contributed by atoms with Crippen LogP contribution < -0.4 is 15.2 Å². The van der Waals surface area contributed by atoms with Crippen molar-refractivity contribution in [3.05, 3.63) is 223 Å². The van der Waals surface area contributed by atoms with E-state index in [1.807, 2.05) is 60.7 Å². The van der Waals surface area contributed by atoms with Crippen LogP contribution in [0.4, 0.5) is 11.4 Å². The fraction of sp³-hybridized carbons (Fsp3) is 0.0364. The van der Waals surface area contributed by atoms with Gasteiger partial charge in [0.05, 0.1) is 28.6 Å². The summed E-state index contributed by atoms with van der Waals surface area (Å²) in [5, 5.41) is 4.26. The number of allylic oxidation sites excluding steroid dienone is 1. The Hall–Kier alpha value is -7.06. The second kappa shape index (κ2) is 15.7. The summed E-state index contributed by atoms with van der Waals surface area (Å²) in [4.78, 5) is 0. The zero-order valence-electron chi connectivity index (χ0n) is 32.6. The lowest BCUT2D eigenvalue weighted by atomic mass is 9.97. The molecule has 8 aromatic carbocycles. The van der Waals surface area contributed by atoms with E-state index < -0.39 is 7.14 Å². The van der Waals surface area contributed by atoms with Crippen molar-refractivity contribution < 1.29 is 4.57 Å². The highest BCUT2D eigenvalue weighted by molar-refractivity contribution is 7.78. The van der Waals surface area contributed by atoms with Gasteiger partial charge in [-0.1, -0.05) is 170 Å². The highest BCUT2D eigenvalue weighted by Gasteiger charge is 2.30. The van der Waals surface area contributed by atoms with E-state index in [0.717, 1.165) is 39.3 Å². The van der Waals surface area contributed by atoms with Gasteiger partial charge in [-0.05, 0) is 64.2 Å². The number of hydrogen-bond acceptors (Lipinski definition) is 1. The topological polar surface area (TPSA) is 25.0 Å². The molecule has 59 heavy (non-hydrogen) atoms. The van der Waals surface area contributed by atoms with Crippen LogP contribution in [0.5, 0.6) is 0 Å². The molecule has 1 aromatic heterocycles. The van der Waals surface area contributed by atoms with E-state index in [1.54, 1.807) is 0 Å². The van der Waals surface area contributed by atoms with Gasteiger partial charge in [-0.3, -0.25) is 0 Å².